The number of esters is 1. The molecule has 1 aromatic carbocycles. The average molecular weight is 396 g/mol. The van der Waals surface area contributed by atoms with Gasteiger partial charge in [-0.25, -0.2) is 8.42 Å². The van der Waals surface area contributed by atoms with E-state index in [4.69, 9.17) is 9.47 Å². The molecule has 0 spiro atoms. The third-order valence-corrected chi connectivity index (χ3v) is 6.16. The number of benzene rings is 1. The number of hydrogen-bond acceptors (Lipinski definition) is 6. The van der Waals surface area contributed by atoms with E-state index in [2.05, 4.69) is 4.72 Å². The van der Waals surface area contributed by atoms with Crippen molar-refractivity contribution in [1.29, 1.82) is 0 Å². The van der Waals surface area contributed by atoms with Crippen LogP contribution in [0.15, 0.2) is 23.1 Å². The van der Waals surface area contributed by atoms with E-state index in [9.17, 15) is 18.0 Å². The van der Waals surface area contributed by atoms with Gasteiger partial charge in [-0.2, -0.15) is 4.72 Å². The summed E-state index contributed by atoms with van der Waals surface area (Å²) in [4.78, 5) is 25.4. The van der Waals surface area contributed by atoms with Crippen molar-refractivity contribution in [3.05, 3.63) is 29.3 Å². The molecule has 1 aliphatic heterocycles. The van der Waals surface area contributed by atoms with Crippen LogP contribution in [-0.2, 0) is 41.9 Å². The minimum Gasteiger partial charge on any atom is -0.455 e. The summed E-state index contributed by atoms with van der Waals surface area (Å²) in [5, 5.41) is 0. The van der Waals surface area contributed by atoms with Crippen LogP contribution in [0, 0.1) is 0 Å². The minimum absolute atomic E-state index is 0.139. The first kappa shape index (κ1) is 19.8. The topological polar surface area (TPSA) is 102 Å². The Labute approximate surface area is 158 Å². The minimum atomic E-state index is -3.81. The first-order valence-corrected chi connectivity index (χ1v) is 10.6. The largest absolute Gasteiger partial charge is 0.455 e. The van der Waals surface area contributed by atoms with Gasteiger partial charge in [0.15, 0.2) is 6.61 Å². The highest BCUT2D eigenvalue weighted by molar-refractivity contribution is 7.89. The molecule has 1 aromatic rings. The van der Waals surface area contributed by atoms with Gasteiger partial charge in [0.05, 0.1) is 18.1 Å². The Morgan fingerprint density at radius 2 is 1.81 bits per heavy atom. The van der Waals surface area contributed by atoms with Crippen LogP contribution < -0.4 is 4.72 Å². The lowest BCUT2D eigenvalue weighted by molar-refractivity contribution is -0.152. The van der Waals surface area contributed by atoms with E-state index in [1.165, 1.54) is 5.56 Å². The first-order valence-electron chi connectivity index (χ1n) is 9.08. The van der Waals surface area contributed by atoms with E-state index < -0.39 is 29.1 Å². The van der Waals surface area contributed by atoms with Crippen LogP contribution in [0.4, 0.5) is 0 Å². The molecule has 0 saturated carbocycles. The summed E-state index contributed by atoms with van der Waals surface area (Å²) < 4.78 is 37.1. The van der Waals surface area contributed by atoms with Gasteiger partial charge in [-0.1, -0.05) is 6.07 Å². The molecule has 1 heterocycles. The lowest BCUT2D eigenvalue weighted by Crippen LogP contribution is -2.43. The van der Waals surface area contributed by atoms with Crippen LogP contribution >= 0.6 is 0 Å². The number of carbonyl (C=O) groups is 2. The number of aryl methyl sites for hydroxylation is 2. The second-order valence-corrected chi connectivity index (χ2v) is 8.38. The lowest BCUT2D eigenvalue weighted by atomic mass is 9.92. The first-order chi connectivity index (χ1) is 13.0. The quantitative estimate of drug-likeness (QED) is 0.692. The fourth-order valence-electron chi connectivity index (χ4n) is 3.21. The van der Waals surface area contributed by atoms with Crippen molar-refractivity contribution in [2.75, 3.05) is 39.5 Å². The highest BCUT2D eigenvalue weighted by Gasteiger charge is 2.21. The standard InChI is InChI=1S/C18H24N2O6S/c21-17(20-7-9-25-10-8-20)13-26-18(22)12-19-27(23,24)16-6-5-14-3-1-2-4-15(14)11-16/h5-6,11,19H,1-4,7-10,12-13H2. The zero-order chi connectivity index (χ0) is 19.3. The number of amides is 1. The summed E-state index contributed by atoms with van der Waals surface area (Å²) in [5.74, 6) is -1.11. The summed E-state index contributed by atoms with van der Waals surface area (Å²) >= 11 is 0. The number of ether oxygens (including phenoxy) is 2. The lowest BCUT2D eigenvalue weighted by Gasteiger charge is -2.26. The van der Waals surface area contributed by atoms with Crippen molar-refractivity contribution in [3.63, 3.8) is 0 Å². The third kappa shape index (κ3) is 5.27. The molecule has 9 heteroatoms. The predicted octanol–water partition coefficient (Wildman–Crippen LogP) is 0.246. The Kier molecular flexibility index (Phi) is 6.46. The van der Waals surface area contributed by atoms with E-state index in [0.717, 1.165) is 31.2 Å². The molecule has 0 radical (unpaired) electrons. The summed E-state index contributed by atoms with van der Waals surface area (Å²) in [6.45, 7) is 0.915. The second kappa shape index (κ2) is 8.81. The summed E-state index contributed by atoms with van der Waals surface area (Å²) in [5.41, 5.74) is 2.23. The van der Waals surface area contributed by atoms with Gasteiger partial charge in [-0.05, 0) is 48.9 Å². The zero-order valence-electron chi connectivity index (χ0n) is 15.1. The third-order valence-electron chi connectivity index (χ3n) is 4.76. The number of carbonyl (C=O) groups excluding carboxylic acids is 2. The van der Waals surface area contributed by atoms with Crippen molar-refractivity contribution in [2.45, 2.75) is 30.6 Å². The number of morpholine rings is 1. The molecule has 3 rings (SSSR count). The number of sulfonamides is 1. The molecule has 1 saturated heterocycles. The fourth-order valence-corrected chi connectivity index (χ4v) is 4.23. The number of hydrogen-bond donors (Lipinski definition) is 1. The van der Waals surface area contributed by atoms with Crippen molar-refractivity contribution in [2.24, 2.45) is 0 Å². The highest BCUT2D eigenvalue weighted by atomic mass is 32.2. The maximum Gasteiger partial charge on any atom is 0.321 e. The van der Waals surface area contributed by atoms with E-state index >= 15 is 0 Å². The van der Waals surface area contributed by atoms with Gasteiger partial charge in [0, 0.05) is 13.1 Å². The number of nitrogens with zero attached hydrogens (tertiary/aromatic N) is 1. The molecule has 1 fully saturated rings. The van der Waals surface area contributed by atoms with Crippen molar-refractivity contribution < 1.29 is 27.5 Å². The molecule has 1 amide bonds. The molecule has 8 nitrogen and oxygen atoms in total. The molecule has 0 atom stereocenters. The Balaban J connectivity index is 1.49. The fraction of sp³-hybridized carbons (Fsp3) is 0.556. The van der Waals surface area contributed by atoms with Crippen LogP contribution in [0.2, 0.25) is 0 Å². The van der Waals surface area contributed by atoms with Crippen LogP contribution in [0.25, 0.3) is 0 Å². The van der Waals surface area contributed by atoms with E-state index in [1.54, 1.807) is 17.0 Å². The van der Waals surface area contributed by atoms with Gasteiger partial charge in [0.25, 0.3) is 5.91 Å². The van der Waals surface area contributed by atoms with Crippen LogP contribution in [0.5, 0.6) is 0 Å². The van der Waals surface area contributed by atoms with Crippen molar-refractivity contribution in [1.82, 2.24) is 9.62 Å². The molecule has 0 bridgehead atoms. The predicted molar refractivity (Wildman–Crippen MR) is 96.6 cm³/mol. The molecular weight excluding hydrogens is 372 g/mol. The number of fused-ring (bicyclic) bond motifs is 1. The highest BCUT2D eigenvalue weighted by Crippen LogP contribution is 2.23. The van der Waals surface area contributed by atoms with E-state index in [1.807, 2.05) is 6.07 Å². The van der Waals surface area contributed by atoms with Gasteiger partial charge >= 0.3 is 5.97 Å². The molecule has 0 unspecified atom stereocenters. The van der Waals surface area contributed by atoms with Gasteiger partial charge in [0.1, 0.15) is 6.54 Å². The molecule has 148 valence electrons. The van der Waals surface area contributed by atoms with Gasteiger partial charge in [-0.3, -0.25) is 9.59 Å². The SMILES string of the molecule is O=C(CNS(=O)(=O)c1ccc2c(c1)CCCC2)OCC(=O)N1CCOCC1. The smallest absolute Gasteiger partial charge is 0.321 e. The van der Waals surface area contributed by atoms with Crippen LogP contribution in [-0.4, -0.2) is 64.6 Å². The van der Waals surface area contributed by atoms with Crippen LogP contribution in [0.3, 0.4) is 0 Å². The van der Waals surface area contributed by atoms with Crippen molar-refractivity contribution in [3.8, 4) is 0 Å². The van der Waals surface area contributed by atoms with Gasteiger partial charge in [0.2, 0.25) is 10.0 Å². The monoisotopic (exact) mass is 396 g/mol. The molecule has 2 aliphatic rings. The van der Waals surface area contributed by atoms with Crippen molar-refractivity contribution >= 4 is 21.9 Å². The molecule has 0 aromatic heterocycles. The maximum absolute atomic E-state index is 12.4. The van der Waals surface area contributed by atoms with E-state index in [-0.39, 0.29) is 10.8 Å². The van der Waals surface area contributed by atoms with Gasteiger partial charge in [-0.15, -0.1) is 0 Å². The zero-order valence-corrected chi connectivity index (χ0v) is 15.9. The number of nitrogens with one attached hydrogen (secondary N) is 1. The molecule has 1 N–H and O–H groups in total. The summed E-state index contributed by atoms with van der Waals surface area (Å²) in [6, 6.07) is 5.06. The second-order valence-electron chi connectivity index (χ2n) is 6.62. The van der Waals surface area contributed by atoms with Crippen LogP contribution in [0.1, 0.15) is 24.0 Å². The summed E-state index contributed by atoms with van der Waals surface area (Å²) in [7, 11) is -3.81. The Hall–Kier alpha value is -1.97. The number of rotatable bonds is 6. The Bertz CT molecular complexity index is 802. The molecule has 1 aliphatic carbocycles. The maximum atomic E-state index is 12.4. The Morgan fingerprint density at radius 3 is 2.56 bits per heavy atom. The average Bonchev–Trinajstić information content (AvgIpc) is 2.70. The molecular formula is C18H24N2O6S. The Morgan fingerprint density at radius 1 is 1.11 bits per heavy atom. The van der Waals surface area contributed by atoms with E-state index in [0.29, 0.717) is 26.3 Å². The summed E-state index contributed by atoms with van der Waals surface area (Å²) in [6.07, 6.45) is 4.00. The normalized spacial score (nSPS) is 17.3. The molecule has 27 heavy (non-hydrogen) atoms. The van der Waals surface area contributed by atoms with Gasteiger partial charge < -0.3 is 14.4 Å².